The Morgan fingerprint density at radius 1 is 1.42 bits per heavy atom. The lowest BCUT2D eigenvalue weighted by atomic mass is 9.87. The summed E-state index contributed by atoms with van der Waals surface area (Å²) in [6.45, 7) is 2.30. The van der Waals surface area contributed by atoms with Crippen LogP contribution in [-0.2, 0) is 11.2 Å². The Morgan fingerprint density at radius 3 is 3.00 bits per heavy atom. The number of aliphatic carboxylic acids is 1. The van der Waals surface area contributed by atoms with Crippen LogP contribution < -0.4 is 5.32 Å². The van der Waals surface area contributed by atoms with Gasteiger partial charge in [-0.1, -0.05) is 19.8 Å². The summed E-state index contributed by atoms with van der Waals surface area (Å²) < 4.78 is 0. The molecular formula is C14H20N2O2S. The molecule has 1 saturated carbocycles. The highest BCUT2D eigenvalue weighted by atomic mass is 32.1. The molecule has 0 aliphatic heterocycles. The minimum absolute atomic E-state index is 0.382. The summed E-state index contributed by atoms with van der Waals surface area (Å²) in [7, 11) is 0. The number of hydrogen-bond acceptors (Lipinski definition) is 4. The minimum Gasteiger partial charge on any atom is -0.481 e. The average molecular weight is 280 g/mol. The largest absolute Gasteiger partial charge is 0.481 e. The smallest absolute Gasteiger partial charge is 0.312 e. The van der Waals surface area contributed by atoms with Crippen molar-refractivity contribution in [2.75, 3.05) is 5.32 Å². The van der Waals surface area contributed by atoms with Crippen molar-refractivity contribution < 1.29 is 9.90 Å². The van der Waals surface area contributed by atoms with Gasteiger partial charge in [-0.3, -0.25) is 4.79 Å². The normalized spacial score (nSPS) is 30.1. The number of hydrogen-bond donors (Lipinski definition) is 2. The average Bonchev–Trinajstić information content (AvgIpc) is 2.87. The fraction of sp³-hybridized carbons (Fsp3) is 0.714. The van der Waals surface area contributed by atoms with E-state index < -0.39 is 5.97 Å². The third kappa shape index (κ3) is 2.61. The maximum atomic E-state index is 11.2. The molecule has 5 heteroatoms. The second-order valence-corrected chi connectivity index (χ2v) is 6.95. The first-order valence-corrected chi connectivity index (χ1v) is 7.94. The van der Waals surface area contributed by atoms with Gasteiger partial charge in [0.15, 0.2) is 5.13 Å². The van der Waals surface area contributed by atoms with Crippen LogP contribution in [0.15, 0.2) is 0 Å². The summed E-state index contributed by atoms with van der Waals surface area (Å²) in [5.41, 5.74) is 0.809. The molecule has 104 valence electrons. The number of aryl methyl sites for hydroxylation is 1. The van der Waals surface area contributed by atoms with Crippen molar-refractivity contribution in [3.05, 3.63) is 10.6 Å². The molecule has 0 amide bonds. The maximum Gasteiger partial charge on any atom is 0.312 e. The first-order valence-electron chi connectivity index (χ1n) is 7.12. The Morgan fingerprint density at radius 2 is 2.26 bits per heavy atom. The molecule has 3 atom stereocenters. The van der Waals surface area contributed by atoms with E-state index in [1.807, 2.05) is 0 Å². The lowest BCUT2D eigenvalue weighted by Crippen LogP contribution is -2.26. The van der Waals surface area contributed by atoms with Crippen molar-refractivity contribution >= 4 is 22.4 Å². The van der Waals surface area contributed by atoms with Gasteiger partial charge in [0.1, 0.15) is 5.92 Å². The van der Waals surface area contributed by atoms with Crippen LogP contribution in [-0.4, -0.2) is 22.1 Å². The van der Waals surface area contributed by atoms with Gasteiger partial charge in [0.25, 0.3) is 0 Å². The van der Waals surface area contributed by atoms with Gasteiger partial charge in [0.05, 0.1) is 5.69 Å². The Hall–Kier alpha value is -1.10. The summed E-state index contributed by atoms with van der Waals surface area (Å²) in [6.07, 6.45) is 6.59. The fourth-order valence-electron chi connectivity index (χ4n) is 3.27. The summed E-state index contributed by atoms with van der Waals surface area (Å²) in [6, 6.07) is 0.512. The minimum atomic E-state index is -0.734. The molecule has 1 heterocycles. The zero-order valence-corrected chi connectivity index (χ0v) is 12.0. The van der Waals surface area contributed by atoms with Crippen molar-refractivity contribution in [2.24, 2.45) is 5.92 Å². The van der Waals surface area contributed by atoms with Gasteiger partial charge in [0.2, 0.25) is 0 Å². The van der Waals surface area contributed by atoms with Crippen molar-refractivity contribution in [1.29, 1.82) is 0 Å². The molecule has 1 aromatic heterocycles. The van der Waals surface area contributed by atoms with Gasteiger partial charge in [-0.15, -0.1) is 11.3 Å². The van der Waals surface area contributed by atoms with Crippen LogP contribution >= 0.6 is 11.3 Å². The molecule has 1 aromatic rings. The molecule has 0 spiro atoms. The van der Waals surface area contributed by atoms with Gasteiger partial charge < -0.3 is 10.4 Å². The van der Waals surface area contributed by atoms with Gasteiger partial charge >= 0.3 is 5.97 Å². The van der Waals surface area contributed by atoms with Crippen molar-refractivity contribution in [1.82, 2.24) is 4.98 Å². The highest BCUT2D eigenvalue weighted by Crippen LogP contribution is 2.39. The van der Waals surface area contributed by atoms with E-state index >= 15 is 0 Å². The van der Waals surface area contributed by atoms with E-state index in [-0.39, 0.29) is 5.92 Å². The second kappa shape index (κ2) is 5.12. The Labute approximate surface area is 117 Å². The predicted octanol–water partition coefficient (Wildman–Crippen LogP) is 3.25. The van der Waals surface area contributed by atoms with Crippen LogP contribution in [0.4, 0.5) is 5.13 Å². The number of aromatic nitrogens is 1. The van der Waals surface area contributed by atoms with Crippen LogP contribution in [0.25, 0.3) is 0 Å². The van der Waals surface area contributed by atoms with E-state index in [9.17, 15) is 4.79 Å². The van der Waals surface area contributed by atoms with Gasteiger partial charge in [-0.2, -0.15) is 0 Å². The molecule has 2 N–H and O–H groups in total. The predicted molar refractivity (Wildman–Crippen MR) is 75.9 cm³/mol. The number of carbonyl (C=O) groups is 1. The Bertz CT molecular complexity index is 486. The molecule has 3 rings (SSSR count). The molecule has 1 fully saturated rings. The van der Waals surface area contributed by atoms with E-state index in [1.165, 1.54) is 30.6 Å². The molecule has 19 heavy (non-hydrogen) atoms. The molecule has 0 saturated heterocycles. The SMILES string of the molecule is CC1CCCC(Nc2nc3c(s2)CCC3C(=O)O)C1. The second-order valence-electron chi connectivity index (χ2n) is 5.87. The molecule has 2 aliphatic carbocycles. The van der Waals surface area contributed by atoms with Crippen LogP contribution in [0, 0.1) is 5.92 Å². The molecule has 0 aromatic carbocycles. The maximum absolute atomic E-state index is 11.2. The number of carboxylic acids is 1. The van der Waals surface area contributed by atoms with E-state index in [1.54, 1.807) is 11.3 Å². The summed E-state index contributed by atoms with van der Waals surface area (Å²) in [5.74, 6) is -0.334. The molecule has 0 radical (unpaired) electrons. The Balaban J connectivity index is 1.70. The van der Waals surface area contributed by atoms with E-state index in [0.29, 0.717) is 12.5 Å². The van der Waals surface area contributed by atoms with Crippen molar-refractivity contribution in [3.8, 4) is 0 Å². The summed E-state index contributed by atoms with van der Waals surface area (Å²) in [5, 5.41) is 13.6. The molecule has 0 bridgehead atoms. The van der Waals surface area contributed by atoms with Crippen LogP contribution in [0.5, 0.6) is 0 Å². The van der Waals surface area contributed by atoms with Crippen molar-refractivity contribution in [2.45, 2.75) is 57.4 Å². The first-order chi connectivity index (χ1) is 9.13. The van der Waals surface area contributed by atoms with Crippen LogP contribution in [0.3, 0.4) is 0 Å². The molecule has 4 nitrogen and oxygen atoms in total. The third-order valence-corrected chi connectivity index (χ3v) is 5.34. The topological polar surface area (TPSA) is 62.2 Å². The summed E-state index contributed by atoms with van der Waals surface area (Å²) in [4.78, 5) is 16.9. The number of anilines is 1. The first kappa shape index (κ1) is 12.9. The van der Waals surface area contributed by atoms with Crippen LogP contribution in [0.1, 0.15) is 55.5 Å². The fourth-order valence-corrected chi connectivity index (χ4v) is 4.38. The van der Waals surface area contributed by atoms with Gasteiger partial charge in [-0.25, -0.2) is 4.98 Å². The number of nitrogens with zero attached hydrogens (tertiary/aromatic N) is 1. The molecule has 2 aliphatic rings. The number of nitrogens with one attached hydrogen (secondary N) is 1. The zero-order chi connectivity index (χ0) is 13.4. The lowest BCUT2D eigenvalue weighted by molar-refractivity contribution is -0.138. The van der Waals surface area contributed by atoms with Crippen LogP contribution in [0.2, 0.25) is 0 Å². The highest BCUT2D eigenvalue weighted by Gasteiger charge is 2.32. The van der Waals surface area contributed by atoms with Gasteiger partial charge in [-0.05, 0) is 31.6 Å². The molecule has 3 unspecified atom stereocenters. The van der Waals surface area contributed by atoms with E-state index in [4.69, 9.17) is 5.11 Å². The van der Waals surface area contributed by atoms with Crippen molar-refractivity contribution in [3.63, 3.8) is 0 Å². The number of thiazole rings is 1. The van der Waals surface area contributed by atoms with Gasteiger partial charge in [0, 0.05) is 10.9 Å². The Kier molecular flexibility index (Phi) is 3.48. The van der Waals surface area contributed by atoms with E-state index in [2.05, 4.69) is 17.2 Å². The third-order valence-electron chi connectivity index (χ3n) is 4.28. The monoisotopic (exact) mass is 280 g/mol. The lowest BCUT2D eigenvalue weighted by Gasteiger charge is -2.27. The number of carboxylic acid groups (broad SMARTS) is 1. The summed E-state index contributed by atoms with van der Waals surface area (Å²) >= 11 is 1.65. The van der Waals surface area contributed by atoms with E-state index in [0.717, 1.165) is 23.2 Å². The molecular weight excluding hydrogens is 260 g/mol. The number of rotatable bonds is 3. The highest BCUT2D eigenvalue weighted by molar-refractivity contribution is 7.15. The quantitative estimate of drug-likeness (QED) is 0.892. The standard InChI is InChI=1S/C14H20N2O2S/c1-8-3-2-4-9(7-8)15-14-16-12-10(13(17)18)5-6-11(12)19-14/h8-10H,2-7H2,1H3,(H,15,16)(H,17,18). The number of fused-ring (bicyclic) bond motifs is 1. The zero-order valence-electron chi connectivity index (χ0n) is 11.2.